The molecule has 0 rings (SSSR count). The van der Waals surface area contributed by atoms with Gasteiger partial charge in [0.1, 0.15) is 0 Å². The summed E-state index contributed by atoms with van der Waals surface area (Å²) in [6, 6.07) is 0. The van der Waals surface area contributed by atoms with Crippen molar-refractivity contribution in [2.75, 3.05) is 39.6 Å². The molecule has 0 aliphatic heterocycles. The maximum absolute atomic E-state index is 11.0. The molecule has 86 valence electrons. The Morgan fingerprint density at radius 1 is 1.36 bits per heavy atom. The van der Waals surface area contributed by atoms with Crippen molar-refractivity contribution in [3.63, 3.8) is 0 Å². The minimum atomic E-state index is -3.38. The lowest BCUT2D eigenvalue weighted by atomic mass is 10.5. The third-order valence-corrected chi connectivity index (χ3v) is 2.97. The highest BCUT2D eigenvalue weighted by Crippen LogP contribution is 2.39. The minimum Gasteiger partial charge on any atom is -0.379 e. The molecule has 1 unspecified atom stereocenters. The minimum absolute atomic E-state index is 0.0529. The van der Waals surface area contributed by atoms with E-state index in [4.69, 9.17) is 9.63 Å². The Morgan fingerprint density at radius 3 is 2.64 bits per heavy atom. The van der Waals surface area contributed by atoms with Crippen molar-refractivity contribution in [1.29, 1.82) is 0 Å². The van der Waals surface area contributed by atoms with Crippen LogP contribution in [0.5, 0.6) is 0 Å². The molecule has 5 nitrogen and oxygen atoms in total. The molecule has 6 heteroatoms. The van der Waals surface area contributed by atoms with Gasteiger partial charge in [-0.3, -0.25) is 4.57 Å². The van der Waals surface area contributed by atoms with Crippen LogP contribution in [0, 0.1) is 0 Å². The number of rotatable bonds is 9. The van der Waals surface area contributed by atoms with Crippen molar-refractivity contribution >= 4 is 7.60 Å². The summed E-state index contributed by atoms with van der Waals surface area (Å²) >= 11 is 0. The molecule has 0 aromatic rings. The van der Waals surface area contributed by atoms with Gasteiger partial charge in [0.15, 0.2) is 0 Å². The van der Waals surface area contributed by atoms with E-state index in [0.29, 0.717) is 6.61 Å². The standard InChI is InChI=1S/C8H20NO4P/c1-3-4-9-5-6-13-7-8-14(10,11)12-2/h9H,3-8H2,1-2H3,(H,10,11). The molecule has 0 spiro atoms. The monoisotopic (exact) mass is 225 g/mol. The molecule has 0 aromatic carbocycles. The van der Waals surface area contributed by atoms with Crippen molar-refractivity contribution in [2.45, 2.75) is 13.3 Å². The maximum atomic E-state index is 11.0. The molecule has 2 N–H and O–H groups in total. The van der Waals surface area contributed by atoms with Gasteiger partial charge >= 0.3 is 7.60 Å². The van der Waals surface area contributed by atoms with E-state index in [-0.39, 0.29) is 12.8 Å². The zero-order valence-electron chi connectivity index (χ0n) is 8.86. The van der Waals surface area contributed by atoms with Crippen LogP contribution in [-0.2, 0) is 13.8 Å². The fourth-order valence-corrected chi connectivity index (χ4v) is 1.36. The first-order valence-corrected chi connectivity index (χ1v) is 6.54. The van der Waals surface area contributed by atoms with Crippen molar-refractivity contribution in [3.8, 4) is 0 Å². The summed E-state index contributed by atoms with van der Waals surface area (Å²) in [5.41, 5.74) is 0. The summed E-state index contributed by atoms with van der Waals surface area (Å²) in [4.78, 5) is 9.00. The Bertz CT molecular complexity index is 177. The van der Waals surface area contributed by atoms with Gasteiger partial charge in [-0.05, 0) is 13.0 Å². The Labute approximate surface area is 85.3 Å². The summed E-state index contributed by atoms with van der Waals surface area (Å²) in [5, 5.41) is 3.16. The molecular formula is C8H20NO4P. The molecule has 0 amide bonds. The van der Waals surface area contributed by atoms with Crippen LogP contribution in [-0.4, -0.2) is 44.5 Å². The quantitative estimate of drug-likeness (QED) is 0.449. The van der Waals surface area contributed by atoms with Gasteiger partial charge in [-0.2, -0.15) is 0 Å². The van der Waals surface area contributed by atoms with E-state index in [0.717, 1.165) is 19.5 Å². The van der Waals surface area contributed by atoms with E-state index in [1.165, 1.54) is 7.11 Å². The van der Waals surface area contributed by atoms with Gasteiger partial charge in [0.25, 0.3) is 0 Å². The second kappa shape index (κ2) is 8.38. The molecule has 0 saturated heterocycles. The largest absolute Gasteiger partial charge is 0.379 e. The van der Waals surface area contributed by atoms with Crippen LogP contribution in [0.25, 0.3) is 0 Å². The highest BCUT2D eigenvalue weighted by Gasteiger charge is 2.15. The lowest BCUT2D eigenvalue weighted by Crippen LogP contribution is -2.21. The Balaban J connectivity index is 3.17. The van der Waals surface area contributed by atoms with Crippen molar-refractivity contribution in [3.05, 3.63) is 0 Å². The first-order chi connectivity index (χ1) is 6.62. The molecule has 0 aliphatic carbocycles. The summed E-state index contributed by atoms with van der Waals surface area (Å²) in [6.45, 7) is 4.66. The van der Waals surface area contributed by atoms with E-state index in [1.54, 1.807) is 0 Å². The third kappa shape index (κ3) is 8.66. The normalized spacial score (nSPS) is 15.4. The van der Waals surface area contributed by atoms with Crippen LogP contribution in [0.15, 0.2) is 0 Å². The first-order valence-electron chi connectivity index (χ1n) is 4.78. The number of hydrogen-bond donors (Lipinski definition) is 2. The van der Waals surface area contributed by atoms with Gasteiger partial charge in [-0.25, -0.2) is 0 Å². The van der Waals surface area contributed by atoms with Gasteiger partial charge in [0.05, 0.1) is 19.4 Å². The zero-order valence-corrected chi connectivity index (χ0v) is 9.76. The van der Waals surface area contributed by atoms with Crippen LogP contribution in [0.4, 0.5) is 0 Å². The Morgan fingerprint density at radius 2 is 2.07 bits per heavy atom. The zero-order chi connectivity index (χ0) is 10.9. The molecule has 14 heavy (non-hydrogen) atoms. The highest BCUT2D eigenvalue weighted by atomic mass is 31.2. The van der Waals surface area contributed by atoms with Crippen LogP contribution in [0.3, 0.4) is 0 Å². The van der Waals surface area contributed by atoms with Crippen LogP contribution in [0.1, 0.15) is 13.3 Å². The first kappa shape index (κ1) is 14.1. The summed E-state index contributed by atoms with van der Waals surface area (Å²) in [6.07, 6.45) is 1.15. The molecule has 0 heterocycles. The predicted molar refractivity (Wildman–Crippen MR) is 55.7 cm³/mol. The fourth-order valence-electron chi connectivity index (χ4n) is 0.819. The fraction of sp³-hybridized carbons (Fsp3) is 1.00. The van der Waals surface area contributed by atoms with E-state index in [9.17, 15) is 4.57 Å². The average molecular weight is 225 g/mol. The Hall–Kier alpha value is 0.0700. The molecule has 1 atom stereocenters. The topological polar surface area (TPSA) is 67.8 Å². The van der Waals surface area contributed by atoms with Gasteiger partial charge in [-0.15, -0.1) is 0 Å². The number of ether oxygens (including phenoxy) is 1. The number of nitrogens with one attached hydrogen (secondary N) is 1. The average Bonchev–Trinajstić information content (AvgIpc) is 2.16. The lowest BCUT2D eigenvalue weighted by Gasteiger charge is -2.09. The molecule has 0 radical (unpaired) electrons. The summed E-state index contributed by atoms with van der Waals surface area (Å²) < 4.78 is 20.5. The number of hydrogen-bond acceptors (Lipinski definition) is 4. The van der Waals surface area contributed by atoms with E-state index in [1.807, 2.05) is 0 Å². The second-order valence-corrected chi connectivity index (χ2v) is 4.99. The second-order valence-electron chi connectivity index (χ2n) is 2.91. The highest BCUT2D eigenvalue weighted by molar-refractivity contribution is 7.52. The van der Waals surface area contributed by atoms with Crippen LogP contribution in [0.2, 0.25) is 0 Å². The van der Waals surface area contributed by atoms with Crippen molar-refractivity contribution < 1.29 is 18.7 Å². The van der Waals surface area contributed by atoms with Crippen LogP contribution >= 0.6 is 7.60 Å². The molecule has 0 aromatic heterocycles. The maximum Gasteiger partial charge on any atom is 0.330 e. The van der Waals surface area contributed by atoms with Crippen molar-refractivity contribution in [2.24, 2.45) is 0 Å². The van der Waals surface area contributed by atoms with E-state index >= 15 is 0 Å². The molecule has 0 aliphatic rings. The molecule has 0 bridgehead atoms. The third-order valence-electron chi connectivity index (χ3n) is 1.65. The SMILES string of the molecule is CCCNCCOCCP(=O)(O)OC. The molecule has 0 saturated carbocycles. The van der Waals surface area contributed by atoms with Gasteiger partial charge < -0.3 is 19.5 Å². The molecular weight excluding hydrogens is 205 g/mol. The Kier molecular flexibility index (Phi) is 8.43. The van der Waals surface area contributed by atoms with Gasteiger partial charge in [0, 0.05) is 13.7 Å². The van der Waals surface area contributed by atoms with E-state index < -0.39 is 7.60 Å². The van der Waals surface area contributed by atoms with E-state index in [2.05, 4.69) is 16.8 Å². The molecule has 0 fully saturated rings. The summed E-state index contributed by atoms with van der Waals surface area (Å²) in [7, 11) is -2.15. The predicted octanol–water partition coefficient (Wildman–Crippen LogP) is 0.834. The smallest absolute Gasteiger partial charge is 0.330 e. The lowest BCUT2D eigenvalue weighted by molar-refractivity contribution is 0.146. The van der Waals surface area contributed by atoms with Crippen LogP contribution < -0.4 is 5.32 Å². The van der Waals surface area contributed by atoms with Gasteiger partial charge in [-0.1, -0.05) is 6.92 Å². The summed E-state index contributed by atoms with van der Waals surface area (Å²) in [5.74, 6) is 0. The van der Waals surface area contributed by atoms with Crippen molar-refractivity contribution in [1.82, 2.24) is 5.32 Å². The van der Waals surface area contributed by atoms with Gasteiger partial charge in [0.2, 0.25) is 0 Å².